The zero-order valence-corrected chi connectivity index (χ0v) is 21.9. The molecule has 0 bridgehead atoms. The van der Waals surface area contributed by atoms with Crippen molar-refractivity contribution in [2.24, 2.45) is 5.92 Å². The Morgan fingerprint density at radius 1 is 1.35 bits per heavy atom. The topological polar surface area (TPSA) is 107 Å². The van der Waals surface area contributed by atoms with E-state index in [2.05, 4.69) is 27.3 Å². The van der Waals surface area contributed by atoms with Gasteiger partial charge in [-0.25, -0.2) is 0 Å². The van der Waals surface area contributed by atoms with Crippen LogP contribution >= 0.6 is 22.6 Å². The number of unbranched alkanes of at least 4 members (excludes halogenated alkanes) is 1. The molecule has 1 aromatic carbocycles. The van der Waals surface area contributed by atoms with Gasteiger partial charge < -0.3 is 24.7 Å². The molecule has 2 aliphatic heterocycles. The van der Waals surface area contributed by atoms with Crippen molar-refractivity contribution in [1.29, 1.82) is 0 Å². The predicted octanol–water partition coefficient (Wildman–Crippen LogP) is 2.73. The van der Waals surface area contributed by atoms with Gasteiger partial charge in [0.15, 0.2) is 5.60 Å². The fourth-order valence-corrected chi connectivity index (χ4v) is 5.26. The molecule has 186 valence electrons. The molecular formula is C25H33IN2O6. The number of rotatable bonds is 10. The highest BCUT2D eigenvalue weighted by Crippen LogP contribution is 2.45. The molecule has 2 N–H and O–H groups in total. The number of ether oxygens (including phenoxy) is 1. The number of halogens is 1. The van der Waals surface area contributed by atoms with E-state index in [-0.39, 0.29) is 37.4 Å². The second-order valence-electron chi connectivity index (χ2n) is 8.90. The molecule has 3 rings (SSSR count). The first-order valence-corrected chi connectivity index (χ1v) is 12.8. The van der Waals surface area contributed by atoms with Crippen LogP contribution in [0.15, 0.2) is 30.4 Å². The van der Waals surface area contributed by atoms with Crippen LogP contribution in [0.3, 0.4) is 0 Å². The molecular weight excluding hydrogens is 551 g/mol. The van der Waals surface area contributed by atoms with Gasteiger partial charge in [-0.1, -0.05) is 19.1 Å². The maximum absolute atomic E-state index is 13.5. The lowest BCUT2D eigenvalue weighted by atomic mass is 9.83. The van der Waals surface area contributed by atoms with Crippen LogP contribution in [-0.2, 0) is 24.7 Å². The van der Waals surface area contributed by atoms with Crippen molar-refractivity contribution < 1.29 is 29.3 Å². The van der Waals surface area contributed by atoms with E-state index in [9.17, 15) is 24.6 Å². The van der Waals surface area contributed by atoms with Crippen LogP contribution < -0.4 is 4.90 Å². The van der Waals surface area contributed by atoms with E-state index in [0.29, 0.717) is 37.2 Å². The van der Waals surface area contributed by atoms with Gasteiger partial charge in [0.05, 0.1) is 25.4 Å². The minimum atomic E-state index is -1.74. The number of hydrogen-bond acceptors (Lipinski definition) is 6. The third kappa shape index (κ3) is 5.46. The molecule has 0 unspecified atom stereocenters. The summed E-state index contributed by atoms with van der Waals surface area (Å²) in [5, 5.41) is 21.1. The maximum Gasteiger partial charge on any atom is 0.305 e. The van der Waals surface area contributed by atoms with E-state index in [0.717, 1.165) is 16.4 Å². The van der Waals surface area contributed by atoms with Crippen molar-refractivity contribution in [3.05, 3.63) is 39.5 Å². The summed E-state index contributed by atoms with van der Waals surface area (Å²) in [5.41, 5.74) is -0.509. The Morgan fingerprint density at radius 2 is 2.12 bits per heavy atom. The smallest absolute Gasteiger partial charge is 0.305 e. The largest absolute Gasteiger partial charge is 0.469 e. The molecule has 3 atom stereocenters. The number of aliphatic hydroxyl groups is 2. The molecule has 1 aromatic rings. The molecule has 0 spiro atoms. The van der Waals surface area contributed by atoms with Crippen molar-refractivity contribution in [2.75, 3.05) is 31.7 Å². The van der Waals surface area contributed by atoms with Crippen LogP contribution in [0.25, 0.3) is 0 Å². The van der Waals surface area contributed by atoms with E-state index in [1.165, 1.54) is 7.11 Å². The number of amides is 2. The van der Waals surface area contributed by atoms with E-state index >= 15 is 0 Å². The summed E-state index contributed by atoms with van der Waals surface area (Å²) < 4.78 is 5.58. The Morgan fingerprint density at radius 3 is 2.82 bits per heavy atom. The van der Waals surface area contributed by atoms with Crippen LogP contribution in [0.2, 0.25) is 0 Å². The Hall–Kier alpha value is -1.98. The van der Waals surface area contributed by atoms with Crippen molar-refractivity contribution in [1.82, 2.24) is 4.90 Å². The highest BCUT2D eigenvalue weighted by molar-refractivity contribution is 14.1. The van der Waals surface area contributed by atoms with Crippen LogP contribution in [0, 0.1) is 9.49 Å². The summed E-state index contributed by atoms with van der Waals surface area (Å²) in [7, 11) is 1.35. The predicted molar refractivity (Wildman–Crippen MR) is 136 cm³/mol. The molecule has 34 heavy (non-hydrogen) atoms. The third-order valence-electron chi connectivity index (χ3n) is 6.76. The minimum absolute atomic E-state index is 0.0367. The van der Waals surface area contributed by atoms with Crippen LogP contribution in [0.1, 0.15) is 51.0 Å². The van der Waals surface area contributed by atoms with E-state index in [1.54, 1.807) is 28.9 Å². The fraction of sp³-hybridized carbons (Fsp3) is 0.560. The Balaban J connectivity index is 1.72. The normalized spacial score (nSPS) is 23.0. The number of hydrogen-bond donors (Lipinski definition) is 2. The Bertz CT molecular complexity index is 951. The molecule has 1 fully saturated rings. The lowest BCUT2D eigenvalue weighted by molar-refractivity contribution is -0.140. The van der Waals surface area contributed by atoms with Crippen LogP contribution in [0.4, 0.5) is 5.69 Å². The number of benzene rings is 1. The van der Waals surface area contributed by atoms with Crippen molar-refractivity contribution in [2.45, 2.75) is 57.1 Å². The summed E-state index contributed by atoms with van der Waals surface area (Å²) in [5.74, 6) is -1.30. The highest BCUT2D eigenvalue weighted by atomic mass is 127. The molecule has 0 aliphatic carbocycles. The van der Waals surface area contributed by atoms with Gasteiger partial charge in [0.1, 0.15) is 0 Å². The number of fused-ring (bicyclic) bond motifs is 1. The standard InChI is InChI=1S/C25H33IN2O6/c1-17(7-5-9-22(30)27-14-6-8-19(27)16-29)25(33)20-15-18(26)11-12-21(20)28(24(25)32)13-4-3-10-23(31)34-2/h5,7,11-12,15,17,19,29,33H,3-4,6,8-10,13-14,16H2,1-2H3/b7-5+/t17-,19+,25+/m1/s1. The van der Waals surface area contributed by atoms with Gasteiger partial charge in [0, 0.05) is 41.0 Å². The van der Waals surface area contributed by atoms with E-state index in [4.69, 9.17) is 0 Å². The number of nitrogens with zero attached hydrogens (tertiary/aromatic N) is 2. The molecule has 0 saturated carbocycles. The summed E-state index contributed by atoms with van der Waals surface area (Å²) in [4.78, 5) is 40.7. The Labute approximate surface area is 214 Å². The molecule has 2 aliphatic rings. The number of anilines is 1. The number of esters is 1. The molecule has 0 aromatic heterocycles. The number of carbonyl (C=O) groups is 3. The average Bonchev–Trinajstić information content (AvgIpc) is 3.39. The van der Waals surface area contributed by atoms with Crippen molar-refractivity contribution in [3.63, 3.8) is 0 Å². The van der Waals surface area contributed by atoms with E-state index in [1.807, 2.05) is 18.2 Å². The zero-order chi connectivity index (χ0) is 24.9. The van der Waals surface area contributed by atoms with Gasteiger partial charge in [-0.15, -0.1) is 0 Å². The van der Waals surface area contributed by atoms with Gasteiger partial charge in [-0.05, 0) is 66.5 Å². The quantitative estimate of drug-likeness (QED) is 0.190. The minimum Gasteiger partial charge on any atom is -0.469 e. The second-order valence-corrected chi connectivity index (χ2v) is 10.2. The molecule has 9 heteroatoms. The highest BCUT2D eigenvalue weighted by Gasteiger charge is 2.52. The second kappa shape index (κ2) is 11.6. The molecule has 0 radical (unpaired) electrons. The van der Waals surface area contributed by atoms with Crippen molar-refractivity contribution in [3.8, 4) is 0 Å². The number of aliphatic hydroxyl groups excluding tert-OH is 1. The molecule has 2 amide bonds. The fourth-order valence-electron chi connectivity index (χ4n) is 4.77. The molecule has 2 heterocycles. The van der Waals surface area contributed by atoms with Gasteiger partial charge in [-0.2, -0.15) is 0 Å². The average molecular weight is 584 g/mol. The number of likely N-dealkylation sites (tertiary alicyclic amines) is 1. The maximum atomic E-state index is 13.5. The summed E-state index contributed by atoms with van der Waals surface area (Å²) >= 11 is 2.16. The Kier molecular flexibility index (Phi) is 9.11. The first-order chi connectivity index (χ1) is 16.2. The van der Waals surface area contributed by atoms with Crippen LogP contribution in [-0.4, -0.2) is 65.7 Å². The summed E-state index contributed by atoms with van der Waals surface area (Å²) in [6.07, 6.45) is 6.74. The number of methoxy groups -OCH3 is 1. The zero-order valence-electron chi connectivity index (χ0n) is 19.7. The first-order valence-electron chi connectivity index (χ1n) is 11.7. The van der Waals surface area contributed by atoms with Gasteiger partial charge >= 0.3 is 5.97 Å². The van der Waals surface area contributed by atoms with Crippen molar-refractivity contribution >= 4 is 46.1 Å². The van der Waals surface area contributed by atoms with Gasteiger partial charge in [0.25, 0.3) is 5.91 Å². The summed E-state index contributed by atoms with van der Waals surface area (Å²) in [6, 6.07) is 5.44. The monoisotopic (exact) mass is 584 g/mol. The van der Waals surface area contributed by atoms with Crippen LogP contribution in [0.5, 0.6) is 0 Å². The lowest BCUT2D eigenvalue weighted by Crippen LogP contribution is -2.44. The third-order valence-corrected chi connectivity index (χ3v) is 7.43. The molecule has 1 saturated heterocycles. The van der Waals surface area contributed by atoms with Gasteiger partial charge in [-0.3, -0.25) is 14.4 Å². The van der Waals surface area contributed by atoms with Gasteiger partial charge in [0.2, 0.25) is 5.91 Å². The number of carbonyl (C=O) groups excluding carboxylic acids is 3. The molecule has 8 nitrogen and oxygen atoms in total. The first kappa shape index (κ1) is 26.6. The van der Waals surface area contributed by atoms with E-state index < -0.39 is 17.4 Å². The SMILES string of the molecule is COC(=O)CCCCN1C(=O)[C@](O)([C@H](C)/C=C/CC(=O)N2CCC[C@H]2CO)c2cc(I)ccc21. The lowest BCUT2D eigenvalue weighted by Gasteiger charge is -2.28. The summed E-state index contributed by atoms with van der Waals surface area (Å²) in [6.45, 7) is 2.77.